The third-order valence-corrected chi connectivity index (χ3v) is 7.26. The normalized spacial score (nSPS) is 11.2. The van der Waals surface area contributed by atoms with Gasteiger partial charge in [0.25, 0.3) is 0 Å². The van der Waals surface area contributed by atoms with Crippen LogP contribution in [0.4, 0.5) is 0 Å². The van der Waals surface area contributed by atoms with Crippen LogP contribution < -0.4 is 4.74 Å². The first-order valence-corrected chi connectivity index (χ1v) is 15.7. The van der Waals surface area contributed by atoms with Crippen LogP contribution in [0.2, 0.25) is 0 Å². The van der Waals surface area contributed by atoms with Gasteiger partial charge in [-0.15, -0.1) is 0 Å². The Hall–Kier alpha value is -1.35. The Morgan fingerprint density at radius 3 is 1.47 bits per heavy atom. The number of hydrogen-bond donors (Lipinski definition) is 1. The molecule has 0 fully saturated rings. The molecule has 0 bridgehead atoms. The molecule has 1 aromatic carbocycles. The topological polar surface area (TPSA) is 46.5 Å². The van der Waals surface area contributed by atoms with E-state index >= 15 is 0 Å². The van der Waals surface area contributed by atoms with E-state index in [1.807, 2.05) is 12.1 Å². The SMILES string of the molecule is CCCCCCCCCc1ccc(OC(=O)CCCCCCCCCCCCCCCCCO)cc1. The number of ether oxygens (including phenoxy) is 1. The Balaban J connectivity index is 1.89. The maximum Gasteiger partial charge on any atom is 0.311 e. The summed E-state index contributed by atoms with van der Waals surface area (Å²) in [5, 5.41) is 8.77. The molecular formula is C33H58O3. The molecule has 1 rings (SSSR count). The van der Waals surface area contributed by atoms with Gasteiger partial charge in [-0.3, -0.25) is 4.79 Å². The Morgan fingerprint density at radius 1 is 0.583 bits per heavy atom. The van der Waals surface area contributed by atoms with Gasteiger partial charge in [0, 0.05) is 13.0 Å². The van der Waals surface area contributed by atoms with Crippen molar-refractivity contribution in [1.82, 2.24) is 0 Å². The first kappa shape index (κ1) is 32.7. The summed E-state index contributed by atoms with van der Waals surface area (Å²) in [6, 6.07) is 8.13. The second kappa shape index (κ2) is 25.3. The van der Waals surface area contributed by atoms with E-state index in [1.54, 1.807) is 0 Å². The number of carbonyl (C=O) groups is 1. The summed E-state index contributed by atoms with van der Waals surface area (Å²) in [6.07, 6.45) is 29.9. The second-order valence-electron chi connectivity index (χ2n) is 10.8. The molecule has 36 heavy (non-hydrogen) atoms. The van der Waals surface area contributed by atoms with Crippen molar-refractivity contribution in [3.05, 3.63) is 29.8 Å². The molecular weight excluding hydrogens is 444 g/mol. The predicted molar refractivity (Wildman–Crippen MR) is 155 cm³/mol. The van der Waals surface area contributed by atoms with Crippen LogP contribution >= 0.6 is 0 Å². The van der Waals surface area contributed by atoms with Gasteiger partial charge in [-0.05, 0) is 43.4 Å². The van der Waals surface area contributed by atoms with Gasteiger partial charge in [0.05, 0.1) is 0 Å². The molecule has 0 atom stereocenters. The van der Waals surface area contributed by atoms with E-state index in [1.165, 1.54) is 128 Å². The van der Waals surface area contributed by atoms with E-state index in [2.05, 4.69) is 19.1 Å². The van der Waals surface area contributed by atoms with Crippen molar-refractivity contribution >= 4 is 5.97 Å². The van der Waals surface area contributed by atoms with Crippen molar-refractivity contribution in [3.8, 4) is 5.75 Å². The van der Waals surface area contributed by atoms with Gasteiger partial charge in [0.2, 0.25) is 0 Å². The molecule has 0 heterocycles. The number of carbonyl (C=O) groups excluding carboxylic acids is 1. The fourth-order valence-corrected chi connectivity index (χ4v) is 4.87. The van der Waals surface area contributed by atoms with Gasteiger partial charge in [-0.2, -0.15) is 0 Å². The highest BCUT2D eigenvalue weighted by molar-refractivity contribution is 5.72. The summed E-state index contributed by atoms with van der Waals surface area (Å²) in [5.74, 6) is 0.591. The van der Waals surface area contributed by atoms with Crippen LogP contribution in [-0.4, -0.2) is 17.7 Å². The highest BCUT2D eigenvalue weighted by Gasteiger charge is 2.05. The third kappa shape index (κ3) is 20.8. The highest BCUT2D eigenvalue weighted by atomic mass is 16.5. The summed E-state index contributed by atoms with van der Waals surface area (Å²) in [7, 11) is 0. The minimum absolute atomic E-state index is 0.0942. The largest absolute Gasteiger partial charge is 0.427 e. The average Bonchev–Trinajstić information content (AvgIpc) is 2.89. The lowest BCUT2D eigenvalue weighted by atomic mass is 10.0. The van der Waals surface area contributed by atoms with Crippen LogP contribution in [0.15, 0.2) is 24.3 Å². The van der Waals surface area contributed by atoms with Crippen LogP contribution in [0, 0.1) is 0 Å². The van der Waals surface area contributed by atoms with Crippen molar-refractivity contribution in [2.45, 2.75) is 161 Å². The van der Waals surface area contributed by atoms with E-state index in [0.717, 1.165) is 25.7 Å². The minimum Gasteiger partial charge on any atom is -0.427 e. The number of rotatable bonds is 26. The zero-order valence-electron chi connectivity index (χ0n) is 23.8. The molecule has 0 aromatic heterocycles. The number of benzene rings is 1. The second-order valence-corrected chi connectivity index (χ2v) is 10.8. The fourth-order valence-electron chi connectivity index (χ4n) is 4.87. The molecule has 0 aliphatic rings. The molecule has 1 N–H and O–H groups in total. The van der Waals surface area contributed by atoms with E-state index in [0.29, 0.717) is 18.8 Å². The summed E-state index contributed by atoms with van der Waals surface area (Å²) in [6.45, 7) is 2.61. The van der Waals surface area contributed by atoms with Crippen molar-refractivity contribution < 1.29 is 14.6 Å². The molecule has 0 saturated carbocycles. The first-order chi connectivity index (χ1) is 17.8. The standard InChI is InChI=1S/C33H58O3/c1-2-3-4-5-15-18-21-24-31-26-28-32(29-27-31)36-33(35)25-22-19-16-13-11-9-7-6-8-10-12-14-17-20-23-30-34/h26-29,34H,2-25,30H2,1H3. The monoisotopic (exact) mass is 502 g/mol. The van der Waals surface area contributed by atoms with Crippen LogP contribution in [-0.2, 0) is 11.2 Å². The third-order valence-electron chi connectivity index (χ3n) is 7.26. The van der Waals surface area contributed by atoms with Crippen LogP contribution in [0.3, 0.4) is 0 Å². The van der Waals surface area contributed by atoms with Gasteiger partial charge < -0.3 is 9.84 Å². The average molecular weight is 503 g/mol. The smallest absolute Gasteiger partial charge is 0.311 e. The molecule has 3 nitrogen and oxygen atoms in total. The lowest BCUT2D eigenvalue weighted by Crippen LogP contribution is -2.07. The van der Waals surface area contributed by atoms with E-state index in [9.17, 15) is 4.79 Å². The van der Waals surface area contributed by atoms with Crippen molar-refractivity contribution in [2.75, 3.05) is 6.61 Å². The number of aliphatic hydroxyl groups is 1. The lowest BCUT2D eigenvalue weighted by molar-refractivity contribution is -0.134. The highest BCUT2D eigenvalue weighted by Crippen LogP contribution is 2.17. The first-order valence-electron chi connectivity index (χ1n) is 15.7. The van der Waals surface area contributed by atoms with Crippen molar-refractivity contribution in [1.29, 1.82) is 0 Å². The lowest BCUT2D eigenvalue weighted by Gasteiger charge is -2.06. The molecule has 0 radical (unpaired) electrons. The summed E-state index contributed by atoms with van der Waals surface area (Å²) in [5.41, 5.74) is 1.34. The van der Waals surface area contributed by atoms with Gasteiger partial charge in [-0.1, -0.05) is 141 Å². The van der Waals surface area contributed by atoms with Crippen molar-refractivity contribution in [2.24, 2.45) is 0 Å². The molecule has 0 aliphatic heterocycles. The maximum absolute atomic E-state index is 12.1. The number of unbranched alkanes of at least 4 members (excludes halogenated alkanes) is 20. The Labute approximate surface area is 223 Å². The Morgan fingerprint density at radius 2 is 1.00 bits per heavy atom. The van der Waals surface area contributed by atoms with Gasteiger partial charge in [0.15, 0.2) is 0 Å². The summed E-state index contributed by atoms with van der Waals surface area (Å²) >= 11 is 0. The van der Waals surface area contributed by atoms with Gasteiger partial charge >= 0.3 is 5.97 Å². The van der Waals surface area contributed by atoms with Crippen LogP contribution in [0.1, 0.15) is 160 Å². The van der Waals surface area contributed by atoms with E-state index in [-0.39, 0.29) is 5.97 Å². The summed E-state index contributed by atoms with van der Waals surface area (Å²) in [4.78, 5) is 12.1. The predicted octanol–water partition coefficient (Wildman–Crippen LogP) is 10.1. The van der Waals surface area contributed by atoms with Crippen LogP contribution in [0.5, 0.6) is 5.75 Å². The summed E-state index contributed by atoms with van der Waals surface area (Å²) < 4.78 is 5.53. The number of esters is 1. The molecule has 1 aromatic rings. The number of aryl methyl sites for hydroxylation is 1. The number of hydrogen-bond acceptors (Lipinski definition) is 3. The minimum atomic E-state index is -0.0942. The molecule has 0 amide bonds. The molecule has 0 aliphatic carbocycles. The molecule has 208 valence electrons. The molecule has 0 saturated heterocycles. The molecule has 3 heteroatoms. The van der Waals surface area contributed by atoms with Gasteiger partial charge in [-0.25, -0.2) is 0 Å². The zero-order chi connectivity index (χ0) is 25.9. The van der Waals surface area contributed by atoms with Crippen LogP contribution in [0.25, 0.3) is 0 Å². The zero-order valence-corrected chi connectivity index (χ0v) is 23.8. The maximum atomic E-state index is 12.1. The molecule has 0 spiro atoms. The quantitative estimate of drug-likeness (QED) is 0.0778. The van der Waals surface area contributed by atoms with E-state index < -0.39 is 0 Å². The number of aliphatic hydroxyl groups excluding tert-OH is 1. The Kier molecular flexibility index (Phi) is 23.0. The fraction of sp³-hybridized carbons (Fsp3) is 0.788. The van der Waals surface area contributed by atoms with Crippen molar-refractivity contribution in [3.63, 3.8) is 0 Å². The molecule has 0 unspecified atom stereocenters. The van der Waals surface area contributed by atoms with Gasteiger partial charge in [0.1, 0.15) is 5.75 Å². The Bertz CT molecular complexity index is 595. The van der Waals surface area contributed by atoms with E-state index in [4.69, 9.17) is 9.84 Å².